The number of aromatic nitrogens is 2. The maximum absolute atomic E-state index is 10.9. The van der Waals surface area contributed by atoms with Gasteiger partial charge in [-0.1, -0.05) is 29.8 Å². The summed E-state index contributed by atoms with van der Waals surface area (Å²) < 4.78 is 2.00. The van der Waals surface area contributed by atoms with Crippen LogP contribution in [0.4, 0.5) is 0 Å². The Hall–Kier alpha value is -2.33. The van der Waals surface area contributed by atoms with Crippen molar-refractivity contribution >= 4 is 28.5 Å². The lowest BCUT2D eigenvalue weighted by Gasteiger charge is -2.06. The van der Waals surface area contributed by atoms with E-state index in [0.717, 1.165) is 16.5 Å². The van der Waals surface area contributed by atoms with Gasteiger partial charge in [0.15, 0.2) is 0 Å². The zero-order valence-corrected chi connectivity index (χ0v) is 11.2. The van der Waals surface area contributed by atoms with Gasteiger partial charge in [-0.25, -0.2) is 9.78 Å². The molecule has 2 aromatic heterocycles. The number of carbonyl (C=O) groups is 1. The van der Waals surface area contributed by atoms with Gasteiger partial charge in [-0.15, -0.1) is 0 Å². The first kappa shape index (κ1) is 12.7. The van der Waals surface area contributed by atoms with Crippen molar-refractivity contribution in [1.82, 2.24) is 9.55 Å². The first-order chi connectivity index (χ1) is 9.65. The quantitative estimate of drug-likeness (QED) is 0.802. The lowest BCUT2D eigenvalue weighted by Crippen LogP contribution is -2.03. The molecule has 5 heteroatoms. The minimum absolute atomic E-state index is 0.0464. The molecule has 0 atom stereocenters. The van der Waals surface area contributed by atoms with E-state index in [2.05, 4.69) is 4.98 Å². The molecule has 1 N–H and O–H groups in total. The van der Waals surface area contributed by atoms with E-state index in [9.17, 15) is 4.79 Å². The van der Waals surface area contributed by atoms with Crippen LogP contribution in [0.15, 0.2) is 48.8 Å². The zero-order valence-electron chi connectivity index (χ0n) is 10.5. The minimum atomic E-state index is -1.03. The first-order valence-corrected chi connectivity index (χ1v) is 6.44. The number of benzene rings is 1. The smallest absolute Gasteiger partial charge is 0.354 e. The van der Waals surface area contributed by atoms with E-state index in [1.807, 2.05) is 35.0 Å². The summed E-state index contributed by atoms with van der Waals surface area (Å²) in [6.45, 7) is 0.552. The fourth-order valence-corrected chi connectivity index (χ4v) is 2.50. The standard InChI is InChI=1S/C15H11ClN2O2/c16-12-9-18(14-4-2-1-3-11(12)14)8-10-5-6-17-13(7-10)15(19)20/h1-7,9H,8H2,(H,19,20). The Morgan fingerprint density at radius 1 is 1.30 bits per heavy atom. The molecule has 0 aliphatic heterocycles. The monoisotopic (exact) mass is 286 g/mol. The third kappa shape index (κ3) is 2.26. The summed E-state index contributed by atoms with van der Waals surface area (Å²) in [7, 11) is 0. The molecule has 0 spiro atoms. The molecule has 0 saturated carbocycles. The average Bonchev–Trinajstić information content (AvgIpc) is 2.76. The van der Waals surface area contributed by atoms with Crippen LogP contribution in [0.3, 0.4) is 0 Å². The van der Waals surface area contributed by atoms with Crippen LogP contribution in [0.25, 0.3) is 10.9 Å². The first-order valence-electron chi connectivity index (χ1n) is 6.07. The maximum Gasteiger partial charge on any atom is 0.354 e. The molecule has 0 bridgehead atoms. The second kappa shape index (κ2) is 4.98. The molecule has 0 unspecified atom stereocenters. The average molecular weight is 287 g/mol. The molecule has 100 valence electrons. The van der Waals surface area contributed by atoms with Crippen LogP contribution < -0.4 is 0 Å². The number of rotatable bonds is 3. The molecule has 4 nitrogen and oxygen atoms in total. The van der Waals surface area contributed by atoms with E-state index in [-0.39, 0.29) is 5.69 Å². The summed E-state index contributed by atoms with van der Waals surface area (Å²) in [6.07, 6.45) is 3.36. The SMILES string of the molecule is O=C(O)c1cc(Cn2cc(Cl)c3ccccc32)ccn1. The molecule has 0 radical (unpaired) electrons. The van der Waals surface area contributed by atoms with Crippen LogP contribution in [-0.2, 0) is 6.54 Å². The van der Waals surface area contributed by atoms with Gasteiger partial charge in [-0.2, -0.15) is 0 Å². The van der Waals surface area contributed by atoms with Gasteiger partial charge in [0.25, 0.3) is 0 Å². The number of aromatic carboxylic acids is 1. The van der Waals surface area contributed by atoms with Crippen LogP contribution >= 0.6 is 11.6 Å². The van der Waals surface area contributed by atoms with Crippen molar-refractivity contribution in [1.29, 1.82) is 0 Å². The Kier molecular flexibility index (Phi) is 3.16. The molecule has 1 aromatic carbocycles. The highest BCUT2D eigenvalue weighted by Gasteiger charge is 2.09. The number of pyridine rings is 1. The van der Waals surface area contributed by atoms with Crippen LogP contribution in [0.1, 0.15) is 16.1 Å². The van der Waals surface area contributed by atoms with E-state index >= 15 is 0 Å². The van der Waals surface area contributed by atoms with Crippen LogP contribution in [0.5, 0.6) is 0 Å². The van der Waals surface area contributed by atoms with Crippen molar-refractivity contribution in [2.45, 2.75) is 6.54 Å². The summed E-state index contributed by atoms with van der Waals surface area (Å²) in [5.41, 5.74) is 1.94. The number of nitrogens with zero attached hydrogens (tertiary/aromatic N) is 2. The van der Waals surface area contributed by atoms with E-state index < -0.39 is 5.97 Å². The predicted octanol–water partition coefficient (Wildman–Crippen LogP) is 3.44. The van der Waals surface area contributed by atoms with Crippen molar-refractivity contribution in [3.8, 4) is 0 Å². The van der Waals surface area contributed by atoms with Crippen molar-refractivity contribution in [2.24, 2.45) is 0 Å². The van der Waals surface area contributed by atoms with E-state index in [1.165, 1.54) is 6.20 Å². The number of carboxylic acids is 1. The van der Waals surface area contributed by atoms with Crippen molar-refractivity contribution in [3.05, 3.63) is 65.1 Å². The summed E-state index contributed by atoms with van der Waals surface area (Å²) in [5, 5.41) is 10.6. The lowest BCUT2D eigenvalue weighted by atomic mass is 10.2. The summed E-state index contributed by atoms with van der Waals surface area (Å²) in [6, 6.07) is 11.2. The van der Waals surface area contributed by atoms with E-state index in [1.54, 1.807) is 12.1 Å². The number of halogens is 1. The highest BCUT2D eigenvalue weighted by Crippen LogP contribution is 2.26. The molecule has 0 saturated heterocycles. The molecule has 3 aromatic rings. The number of carboxylic acid groups (broad SMARTS) is 1. The normalized spacial score (nSPS) is 10.8. The molecule has 20 heavy (non-hydrogen) atoms. The van der Waals surface area contributed by atoms with Crippen molar-refractivity contribution < 1.29 is 9.90 Å². The summed E-state index contributed by atoms with van der Waals surface area (Å²) in [4.78, 5) is 14.7. The van der Waals surface area contributed by atoms with Gasteiger partial charge >= 0.3 is 5.97 Å². The second-order valence-corrected chi connectivity index (χ2v) is 4.88. The predicted molar refractivity (Wildman–Crippen MR) is 77.2 cm³/mol. The number of hydrogen-bond acceptors (Lipinski definition) is 2. The van der Waals surface area contributed by atoms with Gasteiger partial charge in [0.2, 0.25) is 0 Å². The Bertz CT molecular complexity index is 795. The van der Waals surface area contributed by atoms with Gasteiger partial charge < -0.3 is 9.67 Å². The van der Waals surface area contributed by atoms with Gasteiger partial charge in [-0.05, 0) is 23.8 Å². The molecule has 2 heterocycles. The Morgan fingerprint density at radius 2 is 2.10 bits per heavy atom. The van der Waals surface area contributed by atoms with Crippen molar-refractivity contribution in [3.63, 3.8) is 0 Å². The number of para-hydroxylation sites is 1. The number of hydrogen-bond donors (Lipinski definition) is 1. The van der Waals surface area contributed by atoms with Crippen LogP contribution in [0.2, 0.25) is 5.02 Å². The van der Waals surface area contributed by atoms with Gasteiger partial charge in [-0.3, -0.25) is 0 Å². The molecular formula is C15H11ClN2O2. The molecular weight excluding hydrogens is 276 g/mol. The van der Waals surface area contributed by atoms with Crippen molar-refractivity contribution in [2.75, 3.05) is 0 Å². The highest BCUT2D eigenvalue weighted by molar-refractivity contribution is 6.35. The van der Waals surface area contributed by atoms with Gasteiger partial charge in [0.05, 0.1) is 5.02 Å². The van der Waals surface area contributed by atoms with Crippen LogP contribution in [0, 0.1) is 0 Å². The largest absolute Gasteiger partial charge is 0.477 e. The van der Waals surface area contributed by atoms with Gasteiger partial charge in [0, 0.05) is 29.8 Å². The third-order valence-corrected chi connectivity index (χ3v) is 3.44. The van der Waals surface area contributed by atoms with Crippen LogP contribution in [-0.4, -0.2) is 20.6 Å². The lowest BCUT2D eigenvalue weighted by molar-refractivity contribution is 0.0690. The zero-order chi connectivity index (χ0) is 14.1. The second-order valence-electron chi connectivity index (χ2n) is 4.48. The molecule has 3 rings (SSSR count). The topological polar surface area (TPSA) is 55.1 Å². The van der Waals surface area contributed by atoms with E-state index in [0.29, 0.717) is 11.6 Å². The highest BCUT2D eigenvalue weighted by atomic mass is 35.5. The van der Waals surface area contributed by atoms with Gasteiger partial charge in [0.1, 0.15) is 5.69 Å². The summed E-state index contributed by atoms with van der Waals surface area (Å²) >= 11 is 6.20. The fourth-order valence-electron chi connectivity index (χ4n) is 2.22. The fraction of sp³-hybridized carbons (Fsp3) is 0.0667. The summed E-state index contributed by atoms with van der Waals surface area (Å²) in [5.74, 6) is -1.03. The Labute approximate surface area is 120 Å². The molecule has 0 aliphatic rings. The number of fused-ring (bicyclic) bond motifs is 1. The molecule has 0 aliphatic carbocycles. The molecule has 0 fully saturated rings. The minimum Gasteiger partial charge on any atom is -0.477 e. The third-order valence-electron chi connectivity index (χ3n) is 3.14. The maximum atomic E-state index is 10.9. The molecule has 0 amide bonds. The Balaban J connectivity index is 2.01. The Morgan fingerprint density at radius 3 is 2.90 bits per heavy atom. The van der Waals surface area contributed by atoms with E-state index in [4.69, 9.17) is 16.7 Å².